The first-order valence-electron chi connectivity index (χ1n) is 5.26. The maximum absolute atomic E-state index is 12.0. The number of carbonyl (C=O) groups is 2. The third kappa shape index (κ3) is 3.71. The first kappa shape index (κ1) is 15.0. The molecule has 6 heteroatoms. The molecule has 0 radical (unpaired) electrons. The molecule has 1 N–H and O–H groups in total. The summed E-state index contributed by atoms with van der Waals surface area (Å²) in [6, 6.07) is 4.84. The molecule has 0 aliphatic heterocycles. The van der Waals surface area contributed by atoms with Gasteiger partial charge in [-0.15, -0.1) is 0 Å². The van der Waals surface area contributed by atoms with Crippen molar-refractivity contribution in [1.82, 2.24) is 4.90 Å². The highest BCUT2D eigenvalue weighted by molar-refractivity contribution is 9.10. The van der Waals surface area contributed by atoms with E-state index in [9.17, 15) is 9.59 Å². The summed E-state index contributed by atoms with van der Waals surface area (Å²) in [5.74, 6) is -1.76. The molecule has 0 bridgehead atoms. The third-order valence-electron chi connectivity index (χ3n) is 2.48. The number of hydrogen-bond donors (Lipinski definition) is 1. The van der Waals surface area contributed by atoms with Gasteiger partial charge in [0.1, 0.15) is 0 Å². The average Bonchev–Trinajstić information content (AvgIpc) is 2.31. The van der Waals surface area contributed by atoms with E-state index in [1.807, 2.05) is 0 Å². The SMILES string of the molecule is CC(CN(C)C(=O)c1ccc(Cl)c(Br)c1)C(=O)O. The minimum Gasteiger partial charge on any atom is -0.481 e. The van der Waals surface area contributed by atoms with Gasteiger partial charge in [0.25, 0.3) is 5.91 Å². The standard InChI is InChI=1S/C12H13BrClNO3/c1-7(12(17)18)6-15(2)11(16)8-3-4-10(14)9(13)5-8/h3-5,7H,6H2,1-2H3,(H,17,18). The van der Waals surface area contributed by atoms with Crippen LogP contribution in [0.3, 0.4) is 0 Å². The van der Waals surface area contributed by atoms with Crippen LogP contribution in [0.15, 0.2) is 22.7 Å². The summed E-state index contributed by atoms with van der Waals surface area (Å²) in [4.78, 5) is 24.1. The molecule has 0 spiro atoms. The van der Waals surface area contributed by atoms with Crippen molar-refractivity contribution >= 4 is 39.4 Å². The summed E-state index contributed by atoms with van der Waals surface area (Å²) < 4.78 is 0.634. The molecule has 0 heterocycles. The van der Waals surface area contributed by atoms with E-state index in [1.54, 1.807) is 32.2 Å². The zero-order valence-electron chi connectivity index (χ0n) is 9.98. The van der Waals surface area contributed by atoms with E-state index in [2.05, 4.69) is 15.9 Å². The van der Waals surface area contributed by atoms with E-state index in [0.29, 0.717) is 15.1 Å². The van der Waals surface area contributed by atoms with Crippen molar-refractivity contribution in [1.29, 1.82) is 0 Å². The number of carbonyl (C=O) groups excluding carboxylic acids is 1. The molecule has 18 heavy (non-hydrogen) atoms. The molecule has 0 aliphatic carbocycles. The van der Waals surface area contributed by atoms with Crippen LogP contribution in [0.1, 0.15) is 17.3 Å². The van der Waals surface area contributed by atoms with Crippen molar-refractivity contribution in [3.05, 3.63) is 33.3 Å². The van der Waals surface area contributed by atoms with Crippen LogP contribution in [-0.2, 0) is 4.79 Å². The second-order valence-electron chi connectivity index (χ2n) is 4.05. The van der Waals surface area contributed by atoms with Crippen molar-refractivity contribution < 1.29 is 14.7 Å². The van der Waals surface area contributed by atoms with Crippen molar-refractivity contribution in [2.24, 2.45) is 5.92 Å². The molecule has 0 aromatic heterocycles. The van der Waals surface area contributed by atoms with Crippen LogP contribution >= 0.6 is 27.5 Å². The van der Waals surface area contributed by atoms with Gasteiger partial charge in [-0.3, -0.25) is 9.59 Å². The Labute approximate surface area is 119 Å². The third-order valence-corrected chi connectivity index (χ3v) is 3.70. The van der Waals surface area contributed by atoms with E-state index in [-0.39, 0.29) is 12.5 Å². The number of carboxylic acid groups (broad SMARTS) is 1. The fraction of sp³-hybridized carbons (Fsp3) is 0.333. The smallest absolute Gasteiger partial charge is 0.308 e. The van der Waals surface area contributed by atoms with Gasteiger partial charge in [0, 0.05) is 23.6 Å². The highest BCUT2D eigenvalue weighted by atomic mass is 79.9. The second kappa shape index (κ2) is 6.20. The number of hydrogen-bond acceptors (Lipinski definition) is 2. The van der Waals surface area contributed by atoms with Crippen LogP contribution in [0, 0.1) is 5.92 Å². The Balaban J connectivity index is 2.80. The van der Waals surface area contributed by atoms with Gasteiger partial charge in [0.15, 0.2) is 0 Å². The van der Waals surface area contributed by atoms with Crippen LogP contribution in [-0.4, -0.2) is 35.5 Å². The highest BCUT2D eigenvalue weighted by Crippen LogP contribution is 2.23. The molecule has 0 saturated heterocycles. The lowest BCUT2D eigenvalue weighted by molar-refractivity contribution is -0.141. The van der Waals surface area contributed by atoms with E-state index in [0.717, 1.165) is 0 Å². The van der Waals surface area contributed by atoms with Crippen LogP contribution in [0.4, 0.5) is 0 Å². The first-order valence-corrected chi connectivity index (χ1v) is 6.43. The molecule has 0 saturated carbocycles. The summed E-state index contributed by atoms with van der Waals surface area (Å²) >= 11 is 9.08. The Morgan fingerprint density at radius 3 is 2.61 bits per heavy atom. The van der Waals surface area contributed by atoms with Gasteiger partial charge in [0.2, 0.25) is 0 Å². The van der Waals surface area contributed by atoms with Crippen LogP contribution < -0.4 is 0 Å². The first-order chi connectivity index (χ1) is 8.32. The van der Waals surface area contributed by atoms with Gasteiger partial charge in [-0.2, -0.15) is 0 Å². The molecular formula is C12H13BrClNO3. The normalized spacial score (nSPS) is 12.0. The lowest BCUT2D eigenvalue weighted by atomic mass is 10.1. The Morgan fingerprint density at radius 2 is 2.11 bits per heavy atom. The topological polar surface area (TPSA) is 57.6 Å². The average molecular weight is 335 g/mol. The predicted molar refractivity (Wildman–Crippen MR) is 72.9 cm³/mol. The molecule has 1 atom stereocenters. The zero-order chi connectivity index (χ0) is 13.9. The quantitative estimate of drug-likeness (QED) is 0.921. The van der Waals surface area contributed by atoms with Gasteiger partial charge in [-0.25, -0.2) is 0 Å². The van der Waals surface area contributed by atoms with Gasteiger partial charge < -0.3 is 10.0 Å². The molecule has 1 amide bonds. The van der Waals surface area contributed by atoms with Gasteiger partial charge in [-0.1, -0.05) is 18.5 Å². The summed E-state index contributed by atoms with van der Waals surface area (Å²) in [7, 11) is 1.57. The van der Waals surface area contributed by atoms with Crippen LogP contribution in [0.25, 0.3) is 0 Å². The van der Waals surface area contributed by atoms with Crippen molar-refractivity contribution in [2.75, 3.05) is 13.6 Å². The lowest BCUT2D eigenvalue weighted by Gasteiger charge is -2.19. The number of halogens is 2. The monoisotopic (exact) mass is 333 g/mol. The molecule has 98 valence electrons. The van der Waals surface area contributed by atoms with Crippen molar-refractivity contribution in [3.63, 3.8) is 0 Å². The predicted octanol–water partition coefficient (Wildman–Crippen LogP) is 2.90. The minimum atomic E-state index is -0.924. The number of aliphatic carboxylic acids is 1. The molecule has 1 rings (SSSR count). The van der Waals surface area contributed by atoms with Gasteiger partial charge in [0.05, 0.1) is 10.9 Å². The molecule has 4 nitrogen and oxygen atoms in total. The van der Waals surface area contributed by atoms with Gasteiger partial charge in [-0.05, 0) is 34.1 Å². The van der Waals surface area contributed by atoms with E-state index in [4.69, 9.17) is 16.7 Å². The summed E-state index contributed by atoms with van der Waals surface area (Å²) in [5, 5.41) is 9.32. The molecule has 1 aromatic rings. The zero-order valence-corrected chi connectivity index (χ0v) is 12.3. The molecular weight excluding hydrogens is 321 g/mol. The fourth-order valence-electron chi connectivity index (χ4n) is 1.42. The number of carboxylic acids is 1. The highest BCUT2D eigenvalue weighted by Gasteiger charge is 2.18. The van der Waals surface area contributed by atoms with E-state index < -0.39 is 11.9 Å². The number of amides is 1. The van der Waals surface area contributed by atoms with Crippen molar-refractivity contribution in [3.8, 4) is 0 Å². The minimum absolute atomic E-state index is 0.161. The van der Waals surface area contributed by atoms with E-state index in [1.165, 1.54) is 4.90 Å². The Kier molecular flexibility index (Phi) is 5.16. The second-order valence-corrected chi connectivity index (χ2v) is 5.32. The maximum Gasteiger partial charge on any atom is 0.308 e. The largest absolute Gasteiger partial charge is 0.481 e. The Bertz CT molecular complexity index is 478. The molecule has 1 aromatic carbocycles. The van der Waals surface area contributed by atoms with E-state index >= 15 is 0 Å². The maximum atomic E-state index is 12.0. The summed E-state index contributed by atoms with van der Waals surface area (Å²) in [5.41, 5.74) is 0.464. The summed E-state index contributed by atoms with van der Waals surface area (Å²) in [6.07, 6.45) is 0. The fourth-order valence-corrected chi connectivity index (χ4v) is 1.92. The van der Waals surface area contributed by atoms with Crippen LogP contribution in [0.5, 0.6) is 0 Å². The molecule has 0 fully saturated rings. The van der Waals surface area contributed by atoms with Crippen LogP contribution in [0.2, 0.25) is 5.02 Å². The number of rotatable bonds is 4. The number of benzene rings is 1. The Hall–Kier alpha value is -1.07. The molecule has 1 unspecified atom stereocenters. The van der Waals surface area contributed by atoms with Crippen molar-refractivity contribution in [2.45, 2.75) is 6.92 Å². The number of nitrogens with zero attached hydrogens (tertiary/aromatic N) is 1. The summed E-state index contributed by atoms with van der Waals surface area (Å²) in [6.45, 7) is 1.72. The lowest BCUT2D eigenvalue weighted by Crippen LogP contribution is -2.33. The Morgan fingerprint density at radius 1 is 1.50 bits per heavy atom. The molecule has 0 aliphatic rings. The van der Waals surface area contributed by atoms with Gasteiger partial charge >= 0.3 is 5.97 Å².